The van der Waals surface area contributed by atoms with Crippen LogP contribution in [0, 0.1) is 5.92 Å². The van der Waals surface area contributed by atoms with Gasteiger partial charge in [-0.3, -0.25) is 14.6 Å². The highest BCUT2D eigenvalue weighted by Crippen LogP contribution is 2.24. The maximum atomic E-state index is 13.0. The standard InChI is InChI=1S/C23H28N4O4S/c28-22(18-10-13-27(14-11-18)32(30,31)20-7-4-12-24-16-20)26-21(23(29)25-19-8-9-19)15-17-5-2-1-3-6-17/h1-7,12,16,18-19,21H,8-11,13-15H2,(H,25,29)(H,26,28). The van der Waals surface area contributed by atoms with Gasteiger partial charge in [0, 0.05) is 43.9 Å². The molecular weight excluding hydrogens is 428 g/mol. The molecule has 2 aromatic rings. The van der Waals surface area contributed by atoms with Crippen molar-refractivity contribution in [2.75, 3.05) is 13.1 Å². The number of nitrogens with zero attached hydrogens (tertiary/aromatic N) is 2. The third-order valence-electron chi connectivity index (χ3n) is 5.94. The molecule has 1 aliphatic carbocycles. The van der Waals surface area contributed by atoms with Crippen molar-refractivity contribution in [2.24, 2.45) is 5.92 Å². The molecule has 1 atom stereocenters. The number of aromatic nitrogens is 1. The van der Waals surface area contributed by atoms with E-state index in [0.717, 1.165) is 18.4 Å². The van der Waals surface area contributed by atoms with Crippen LogP contribution in [0.4, 0.5) is 0 Å². The first-order valence-electron chi connectivity index (χ1n) is 11.0. The average Bonchev–Trinajstić information content (AvgIpc) is 3.64. The van der Waals surface area contributed by atoms with E-state index >= 15 is 0 Å². The maximum Gasteiger partial charge on any atom is 0.244 e. The molecule has 8 nitrogen and oxygen atoms in total. The highest BCUT2D eigenvalue weighted by Gasteiger charge is 2.34. The molecule has 1 aliphatic heterocycles. The minimum absolute atomic E-state index is 0.155. The first-order valence-corrected chi connectivity index (χ1v) is 12.4. The van der Waals surface area contributed by atoms with E-state index in [-0.39, 0.29) is 41.8 Å². The number of pyridine rings is 1. The molecule has 0 spiro atoms. The Bertz CT molecular complexity index is 1030. The highest BCUT2D eigenvalue weighted by atomic mass is 32.2. The van der Waals surface area contributed by atoms with E-state index in [1.807, 2.05) is 30.3 Å². The second kappa shape index (κ2) is 9.79. The Morgan fingerprint density at radius 1 is 1.03 bits per heavy atom. The maximum absolute atomic E-state index is 13.0. The van der Waals surface area contributed by atoms with E-state index in [1.54, 1.807) is 6.07 Å². The third-order valence-corrected chi connectivity index (χ3v) is 7.82. The Kier molecular flexibility index (Phi) is 6.86. The van der Waals surface area contributed by atoms with E-state index in [9.17, 15) is 18.0 Å². The van der Waals surface area contributed by atoms with Crippen LogP contribution in [0.3, 0.4) is 0 Å². The van der Waals surface area contributed by atoms with E-state index < -0.39 is 16.1 Å². The zero-order chi connectivity index (χ0) is 22.6. The Morgan fingerprint density at radius 3 is 2.38 bits per heavy atom. The smallest absolute Gasteiger partial charge is 0.244 e. The molecule has 2 N–H and O–H groups in total. The van der Waals surface area contributed by atoms with Gasteiger partial charge in [0.15, 0.2) is 0 Å². The summed E-state index contributed by atoms with van der Waals surface area (Å²) in [5.74, 6) is -0.695. The quantitative estimate of drug-likeness (QED) is 0.626. The molecule has 2 heterocycles. The van der Waals surface area contributed by atoms with Gasteiger partial charge < -0.3 is 10.6 Å². The summed E-state index contributed by atoms with van der Waals surface area (Å²) in [7, 11) is -3.62. The molecule has 170 valence electrons. The van der Waals surface area contributed by atoms with Crippen molar-refractivity contribution >= 4 is 21.8 Å². The van der Waals surface area contributed by atoms with Gasteiger partial charge in [-0.1, -0.05) is 30.3 Å². The molecule has 4 rings (SSSR count). The summed E-state index contributed by atoms with van der Waals surface area (Å²) >= 11 is 0. The lowest BCUT2D eigenvalue weighted by molar-refractivity contribution is -0.131. The van der Waals surface area contributed by atoms with Crippen molar-refractivity contribution in [2.45, 2.75) is 49.1 Å². The predicted molar refractivity (Wildman–Crippen MR) is 119 cm³/mol. The van der Waals surface area contributed by atoms with Gasteiger partial charge in [-0.25, -0.2) is 8.42 Å². The Morgan fingerprint density at radius 2 is 1.75 bits per heavy atom. The summed E-state index contributed by atoms with van der Waals surface area (Å²) < 4.78 is 26.9. The molecule has 0 radical (unpaired) electrons. The van der Waals surface area contributed by atoms with Crippen molar-refractivity contribution in [3.63, 3.8) is 0 Å². The van der Waals surface area contributed by atoms with Crippen LogP contribution in [-0.4, -0.2) is 54.7 Å². The predicted octanol–water partition coefficient (Wildman–Crippen LogP) is 1.49. The monoisotopic (exact) mass is 456 g/mol. The van der Waals surface area contributed by atoms with Gasteiger partial charge in [0.05, 0.1) is 0 Å². The third kappa shape index (κ3) is 5.52. The molecule has 1 saturated carbocycles. The molecule has 2 fully saturated rings. The number of nitrogens with one attached hydrogen (secondary N) is 2. The summed E-state index contributed by atoms with van der Waals surface area (Å²) in [6, 6.07) is 12.3. The van der Waals surface area contributed by atoms with Crippen LogP contribution in [-0.2, 0) is 26.0 Å². The van der Waals surface area contributed by atoms with E-state index in [1.165, 1.54) is 22.8 Å². The number of carbonyl (C=O) groups is 2. The van der Waals surface area contributed by atoms with Crippen LogP contribution >= 0.6 is 0 Å². The molecule has 2 aliphatic rings. The van der Waals surface area contributed by atoms with Gasteiger partial charge >= 0.3 is 0 Å². The largest absolute Gasteiger partial charge is 0.352 e. The lowest BCUT2D eigenvalue weighted by atomic mass is 9.96. The molecule has 1 unspecified atom stereocenters. The van der Waals surface area contributed by atoms with Crippen LogP contribution in [0.25, 0.3) is 0 Å². The zero-order valence-electron chi connectivity index (χ0n) is 17.8. The van der Waals surface area contributed by atoms with Crippen LogP contribution < -0.4 is 10.6 Å². The number of rotatable bonds is 8. The lowest BCUT2D eigenvalue weighted by Crippen LogP contribution is -2.51. The molecule has 1 aromatic carbocycles. The minimum Gasteiger partial charge on any atom is -0.352 e. The van der Waals surface area contributed by atoms with Gasteiger partial charge in [-0.2, -0.15) is 4.31 Å². The number of amides is 2. The fourth-order valence-corrected chi connectivity index (χ4v) is 5.32. The fourth-order valence-electron chi connectivity index (χ4n) is 3.89. The first-order chi connectivity index (χ1) is 15.4. The van der Waals surface area contributed by atoms with Gasteiger partial charge in [0.25, 0.3) is 0 Å². The zero-order valence-corrected chi connectivity index (χ0v) is 18.6. The van der Waals surface area contributed by atoms with Crippen molar-refractivity contribution in [3.8, 4) is 0 Å². The van der Waals surface area contributed by atoms with Crippen LogP contribution in [0.15, 0.2) is 59.8 Å². The molecule has 1 saturated heterocycles. The molecule has 1 aromatic heterocycles. The number of hydrogen-bond acceptors (Lipinski definition) is 5. The second-order valence-corrected chi connectivity index (χ2v) is 10.3. The number of carbonyl (C=O) groups excluding carboxylic acids is 2. The Balaban J connectivity index is 1.37. The summed E-state index contributed by atoms with van der Waals surface area (Å²) in [4.78, 5) is 29.7. The van der Waals surface area contributed by atoms with Crippen molar-refractivity contribution in [3.05, 3.63) is 60.4 Å². The van der Waals surface area contributed by atoms with Crippen LogP contribution in [0.1, 0.15) is 31.2 Å². The Labute approximate surface area is 188 Å². The summed E-state index contributed by atoms with van der Waals surface area (Å²) in [6.07, 6.45) is 6.05. The summed E-state index contributed by atoms with van der Waals surface area (Å²) in [5.41, 5.74) is 0.973. The SMILES string of the molecule is O=C(NC(Cc1ccccc1)C(=O)NC1CC1)C1CCN(S(=O)(=O)c2cccnc2)CC1. The topological polar surface area (TPSA) is 108 Å². The van der Waals surface area contributed by atoms with Crippen molar-refractivity contribution in [1.29, 1.82) is 0 Å². The second-order valence-electron chi connectivity index (χ2n) is 8.40. The van der Waals surface area contributed by atoms with E-state index in [0.29, 0.717) is 19.3 Å². The van der Waals surface area contributed by atoms with E-state index in [2.05, 4.69) is 15.6 Å². The van der Waals surface area contributed by atoms with Gasteiger partial charge in [0.2, 0.25) is 21.8 Å². The number of sulfonamides is 1. The van der Waals surface area contributed by atoms with Crippen LogP contribution in [0.2, 0.25) is 0 Å². The first kappa shape index (κ1) is 22.4. The number of benzene rings is 1. The fraction of sp³-hybridized carbons (Fsp3) is 0.435. The number of hydrogen-bond donors (Lipinski definition) is 2. The lowest BCUT2D eigenvalue weighted by Gasteiger charge is -2.31. The molecule has 9 heteroatoms. The minimum atomic E-state index is -3.62. The molecule has 2 amide bonds. The molecule has 0 bridgehead atoms. The van der Waals surface area contributed by atoms with Crippen molar-refractivity contribution in [1.82, 2.24) is 19.9 Å². The normalized spacial score (nSPS) is 18.6. The summed E-state index contributed by atoms with van der Waals surface area (Å²) in [6.45, 7) is 0.514. The Hall–Kier alpha value is -2.78. The number of piperidine rings is 1. The van der Waals surface area contributed by atoms with Gasteiger partial charge in [-0.05, 0) is 43.4 Å². The van der Waals surface area contributed by atoms with E-state index in [4.69, 9.17) is 0 Å². The molecular formula is C23H28N4O4S. The molecule has 32 heavy (non-hydrogen) atoms. The highest BCUT2D eigenvalue weighted by molar-refractivity contribution is 7.89. The summed E-state index contributed by atoms with van der Waals surface area (Å²) in [5, 5.41) is 5.90. The van der Waals surface area contributed by atoms with Gasteiger partial charge in [0.1, 0.15) is 10.9 Å². The average molecular weight is 457 g/mol. The van der Waals surface area contributed by atoms with Crippen LogP contribution in [0.5, 0.6) is 0 Å². The van der Waals surface area contributed by atoms with Crippen molar-refractivity contribution < 1.29 is 18.0 Å². The van der Waals surface area contributed by atoms with Gasteiger partial charge in [-0.15, -0.1) is 0 Å².